The Bertz CT molecular complexity index is 523. The van der Waals surface area contributed by atoms with Gasteiger partial charge in [0.25, 0.3) is 0 Å². The van der Waals surface area contributed by atoms with Crippen LogP contribution in [-0.2, 0) is 6.54 Å². The highest BCUT2D eigenvalue weighted by atomic mass is 35.5. The van der Waals surface area contributed by atoms with Gasteiger partial charge in [-0.2, -0.15) is 0 Å². The topological polar surface area (TPSA) is 43.8 Å². The Hall–Kier alpha value is -1.03. The fraction of sp³-hybridized carbons (Fsp3) is 0.308. The van der Waals surface area contributed by atoms with E-state index in [4.69, 9.17) is 28.9 Å². The third kappa shape index (κ3) is 3.05. The predicted molar refractivity (Wildman–Crippen MR) is 76.0 cm³/mol. The fourth-order valence-electron chi connectivity index (χ4n) is 1.83. The minimum atomic E-state index is 0.619. The number of nitrogens with two attached hydrogens (primary N) is 1. The number of imidazole rings is 1. The molecule has 5 heteroatoms. The molecule has 2 rings (SSSR count). The van der Waals surface area contributed by atoms with E-state index in [0.29, 0.717) is 16.6 Å². The molecule has 0 spiro atoms. The highest BCUT2D eigenvalue weighted by molar-refractivity contribution is 6.36. The molecule has 0 saturated heterocycles. The maximum Gasteiger partial charge on any atom is 0.141 e. The van der Waals surface area contributed by atoms with Gasteiger partial charge >= 0.3 is 0 Å². The molecular weight excluding hydrogens is 269 g/mol. The molecule has 1 aromatic heterocycles. The lowest BCUT2D eigenvalue weighted by Crippen LogP contribution is -2.04. The molecule has 0 radical (unpaired) electrons. The summed E-state index contributed by atoms with van der Waals surface area (Å²) in [5.74, 6) is 0.869. The standard InChI is InChI=1S/C13H15Cl2N3/c14-10-3-4-11(12(15)9-10)13-17-6-8-18(13)7-2-1-5-16/h3-4,6,8-9H,1-2,5,7,16H2. The van der Waals surface area contributed by atoms with Gasteiger partial charge in [-0.05, 0) is 37.6 Å². The number of rotatable bonds is 5. The second kappa shape index (κ2) is 6.23. The van der Waals surface area contributed by atoms with Crippen LogP contribution in [-0.4, -0.2) is 16.1 Å². The lowest BCUT2D eigenvalue weighted by atomic mass is 10.2. The molecule has 2 N–H and O–H groups in total. The van der Waals surface area contributed by atoms with Gasteiger partial charge in [0.2, 0.25) is 0 Å². The summed E-state index contributed by atoms with van der Waals surface area (Å²) in [6.45, 7) is 1.61. The van der Waals surface area contributed by atoms with Gasteiger partial charge in [-0.3, -0.25) is 0 Å². The fourth-order valence-corrected chi connectivity index (χ4v) is 2.32. The summed E-state index contributed by atoms with van der Waals surface area (Å²) < 4.78 is 2.09. The minimum Gasteiger partial charge on any atom is -0.331 e. The molecular formula is C13H15Cl2N3. The van der Waals surface area contributed by atoms with Gasteiger partial charge < -0.3 is 10.3 Å². The maximum absolute atomic E-state index is 6.20. The largest absolute Gasteiger partial charge is 0.331 e. The average Bonchev–Trinajstić information content (AvgIpc) is 2.78. The molecule has 0 amide bonds. The van der Waals surface area contributed by atoms with Crippen molar-refractivity contribution in [2.24, 2.45) is 5.73 Å². The first kappa shape index (κ1) is 13.4. The lowest BCUT2D eigenvalue weighted by molar-refractivity contribution is 0.619. The van der Waals surface area contributed by atoms with Crippen molar-refractivity contribution >= 4 is 23.2 Å². The number of benzene rings is 1. The molecule has 0 saturated carbocycles. The summed E-state index contributed by atoms with van der Waals surface area (Å²) in [5.41, 5.74) is 6.40. The average molecular weight is 284 g/mol. The molecule has 18 heavy (non-hydrogen) atoms. The van der Waals surface area contributed by atoms with E-state index in [9.17, 15) is 0 Å². The van der Waals surface area contributed by atoms with Crippen molar-refractivity contribution in [3.8, 4) is 11.4 Å². The van der Waals surface area contributed by atoms with E-state index in [1.165, 1.54) is 0 Å². The summed E-state index contributed by atoms with van der Waals surface area (Å²) in [6, 6.07) is 5.45. The number of aryl methyl sites for hydroxylation is 1. The zero-order valence-corrected chi connectivity index (χ0v) is 11.5. The van der Waals surface area contributed by atoms with Crippen molar-refractivity contribution < 1.29 is 0 Å². The van der Waals surface area contributed by atoms with Gasteiger partial charge in [0.15, 0.2) is 0 Å². The van der Waals surface area contributed by atoms with Crippen LogP contribution in [0.4, 0.5) is 0 Å². The van der Waals surface area contributed by atoms with Crippen LogP contribution in [0.15, 0.2) is 30.6 Å². The van der Waals surface area contributed by atoms with Gasteiger partial charge in [-0.1, -0.05) is 23.2 Å². The SMILES string of the molecule is NCCCCn1ccnc1-c1ccc(Cl)cc1Cl. The molecule has 0 fully saturated rings. The van der Waals surface area contributed by atoms with Gasteiger partial charge in [0.05, 0.1) is 5.02 Å². The second-order valence-electron chi connectivity index (χ2n) is 4.06. The number of hydrogen-bond acceptors (Lipinski definition) is 2. The van der Waals surface area contributed by atoms with Crippen LogP contribution in [0.2, 0.25) is 10.0 Å². The Morgan fingerprint density at radius 1 is 1.22 bits per heavy atom. The third-order valence-electron chi connectivity index (χ3n) is 2.74. The molecule has 0 bridgehead atoms. The van der Waals surface area contributed by atoms with Crippen LogP contribution < -0.4 is 5.73 Å². The highest BCUT2D eigenvalue weighted by Crippen LogP contribution is 2.29. The summed E-state index contributed by atoms with van der Waals surface area (Å²) in [4.78, 5) is 4.36. The summed E-state index contributed by atoms with van der Waals surface area (Å²) >= 11 is 12.1. The Morgan fingerprint density at radius 2 is 2.06 bits per heavy atom. The van der Waals surface area contributed by atoms with E-state index in [2.05, 4.69) is 9.55 Å². The summed E-state index contributed by atoms with van der Waals surface area (Å²) in [6.07, 6.45) is 5.77. The Labute approximate surface area is 117 Å². The smallest absolute Gasteiger partial charge is 0.141 e. The van der Waals surface area contributed by atoms with Gasteiger partial charge in [0.1, 0.15) is 5.82 Å². The molecule has 1 heterocycles. The van der Waals surface area contributed by atoms with Crippen molar-refractivity contribution in [3.63, 3.8) is 0 Å². The highest BCUT2D eigenvalue weighted by Gasteiger charge is 2.09. The monoisotopic (exact) mass is 283 g/mol. The number of nitrogens with zero attached hydrogens (tertiary/aromatic N) is 2. The minimum absolute atomic E-state index is 0.619. The van der Waals surface area contributed by atoms with Crippen molar-refractivity contribution in [1.29, 1.82) is 0 Å². The van der Waals surface area contributed by atoms with E-state index in [1.807, 2.05) is 18.3 Å². The molecule has 0 unspecified atom stereocenters. The zero-order chi connectivity index (χ0) is 13.0. The first-order chi connectivity index (χ1) is 8.72. The zero-order valence-electron chi connectivity index (χ0n) is 9.94. The van der Waals surface area contributed by atoms with Crippen LogP contribution in [0.25, 0.3) is 11.4 Å². The van der Waals surface area contributed by atoms with Gasteiger partial charge in [0, 0.05) is 29.5 Å². The van der Waals surface area contributed by atoms with E-state index >= 15 is 0 Å². The van der Waals surface area contributed by atoms with Crippen LogP contribution in [0.3, 0.4) is 0 Å². The number of aromatic nitrogens is 2. The van der Waals surface area contributed by atoms with Crippen LogP contribution in [0, 0.1) is 0 Å². The maximum atomic E-state index is 6.20. The molecule has 0 aliphatic rings. The normalized spacial score (nSPS) is 10.8. The quantitative estimate of drug-likeness (QED) is 0.852. The Kier molecular flexibility index (Phi) is 4.64. The van der Waals surface area contributed by atoms with Crippen molar-refractivity contribution in [3.05, 3.63) is 40.6 Å². The van der Waals surface area contributed by atoms with Crippen molar-refractivity contribution in [2.45, 2.75) is 19.4 Å². The van der Waals surface area contributed by atoms with Gasteiger partial charge in [-0.25, -0.2) is 4.98 Å². The number of hydrogen-bond donors (Lipinski definition) is 1. The summed E-state index contributed by atoms with van der Waals surface area (Å²) in [7, 11) is 0. The lowest BCUT2D eigenvalue weighted by Gasteiger charge is -2.09. The van der Waals surface area contributed by atoms with Crippen molar-refractivity contribution in [1.82, 2.24) is 9.55 Å². The van der Waals surface area contributed by atoms with Gasteiger partial charge in [-0.15, -0.1) is 0 Å². The Balaban J connectivity index is 2.25. The predicted octanol–water partition coefficient (Wildman–Crippen LogP) is 3.60. The third-order valence-corrected chi connectivity index (χ3v) is 3.29. The molecule has 0 atom stereocenters. The molecule has 1 aromatic carbocycles. The molecule has 2 aromatic rings. The number of halogens is 2. The number of unbranched alkanes of at least 4 members (excludes halogenated alkanes) is 1. The molecule has 0 aliphatic heterocycles. The first-order valence-electron chi connectivity index (χ1n) is 5.89. The Morgan fingerprint density at radius 3 is 2.78 bits per heavy atom. The van der Waals surface area contributed by atoms with E-state index in [1.54, 1.807) is 12.3 Å². The van der Waals surface area contributed by atoms with Crippen LogP contribution in [0.1, 0.15) is 12.8 Å². The van der Waals surface area contributed by atoms with Crippen LogP contribution in [0.5, 0.6) is 0 Å². The molecule has 3 nitrogen and oxygen atoms in total. The first-order valence-corrected chi connectivity index (χ1v) is 6.64. The van der Waals surface area contributed by atoms with E-state index < -0.39 is 0 Å². The molecule has 0 aliphatic carbocycles. The second-order valence-corrected chi connectivity index (χ2v) is 4.91. The van der Waals surface area contributed by atoms with Crippen LogP contribution >= 0.6 is 23.2 Å². The summed E-state index contributed by atoms with van der Waals surface area (Å²) in [5, 5.41) is 1.25. The molecule has 96 valence electrons. The van der Waals surface area contributed by atoms with E-state index in [0.717, 1.165) is 30.8 Å². The van der Waals surface area contributed by atoms with E-state index in [-0.39, 0.29) is 0 Å². The van der Waals surface area contributed by atoms with Crippen molar-refractivity contribution in [2.75, 3.05) is 6.54 Å².